The molecule has 0 spiro atoms. The van der Waals surface area contributed by atoms with Crippen molar-refractivity contribution in [3.63, 3.8) is 0 Å². The molecule has 1 unspecified atom stereocenters. The van der Waals surface area contributed by atoms with Gasteiger partial charge in [0.2, 0.25) is 0 Å². The minimum atomic E-state index is -0.0613. The van der Waals surface area contributed by atoms with E-state index in [0.29, 0.717) is 18.3 Å². The first-order chi connectivity index (χ1) is 10.3. The van der Waals surface area contributed by atoms with E-state index in [9.17, 15) is 4.79 Å². The number of carbonyl (C=O) groups is 1. The number of ether oxygens (including phenoxy) is 2. The van der Waals surface area contributed by atoms with Crippen molar-refractivity contribution >= 4 is 5.91 Å². The van der Waals surface area contributed by atoms with E-state index in [1.54, 1.807) is 0 Å². The summed E-state index contributed by atoms with van der Waals surface area (Å²) in [6, 6.07) is 6.01. The molecule has 1 aliphatic carbocycles. The highest BCUT2D eigenvalue weighted by molar-refractivity contribution is 5.77. The summed E-state index contributed by atoms with van der Waals surface area (Å²) in [5, 5.41) is 6.26. The van der Waals surface area contributed by atoms with Gasteiger partial charge in [0.15, 0.2) is 6.61 Å². The third-order valence-corrected chi connectivity index (χ3v) is 3.87. The molecule has 1 amide bonds. The van der Waals surface area contributed by atoms with Crippen LogP contribution in [0.2, 0.25) is 0 Å². The number of benzene rings is 1. The largest absolute Gasteiger partial charge is 0.491 e. The van der Waals surface area contributed by atoms with E-state index in [4.69, 9.17) is 9.47 Å². The fraction of sp³-hybridized carbons (Fsp3) is 0.562. The monoisotopic (exact) mass is 290 g/mol. The molecule has 2 N–H and O–H groups in total. The molecule has 0 bridgehead atoms. The maximum atomic E-state index is 11.6. The van der Waals surface area contributed by atoms with E-state index < -0.39 is 0 Å². The van der Waals surface area contributed by atoms with E-state index >= 15 is 0 Å². The lowest BCUT2D eigenvalue weighted by atomic mass is 10.1. The van der Waals surface area contributed by atoms with Crippen molar-refractivity contribution in [2.24, 2.45) is 5.92 Å². The van der Waals surface area contributed by atoms with Crippen LogP contribution in [0, 0.1) is 5.92 Å². The average molecular weight is 290 g/mol. The van der Waals surface area contributed by atoms with Gasteiger partial charge in [-0.15, -0.1) is 0 Å². The van der Waals surface area contributed by atoms with Gasteiger partial charge in [0.1, 0.15) is 18.1 Å². The van der Waals surface area contributed by atoms with Crippen molar-refractivity contribution in [2.75, 3.05) is 26.3 Å². The van der Waals surface area contributed by atoms with Gasteiger partial charge in [0, 0.05) is 18.2 Å². The third-order valence-electron chi connectivity index (χ3n) is 3.87. The van der Waals surface area contributed by atoms with Gasteiger partial charge >= 0.3 is 0 Å². The molecule has 0 aromatic heterocycles. The van der Waals surface area contributed by atoms with Crippen molar-refractivity contribution in [3.05, 3.63) is 23.8 Å². The molecule has 0 saturated heterocycles. The number of carbonyl (C=O) groups excluding carboxylic acids is 1. The Bertz CT molecular complexity index is 514. The van der Waals surface area contributed by atoms with Crippen LogP contribution in [0.5, 0.6) is 11.5 Å². The summed E-state index contributed by atoms with van der Waals surface area (Å²) in [6.07, 6.45) is 2.46. The van der Waals surface area contributed by atoms with Gasteiger partial charge in [0.05, 0.1) is 6.04 Å². The molecule has 114 valence electrons. The highest BCUT2D eigenvalue weighted by atomic mass is 16.5. The van der Waals surface area contributed by atoms with Gasteiger partial charge in [-0.3, -0.25) is 4.79 Å². The molecule has 1 saturated carbocycles. The van der Waals surface area contributed by atoms with E-state index in [2.05, 4.69) is 17.6 Å². The van der Waals surface area contributed by atoms with Gasteiger partial charge in [0.25, 0.3) is 5.91 Å². The number of amides is 1. The summed E-state index contributed by atoms with van der Waals surface area (Å²) in [5.41, 5.74) is 1.15. The Morgan fingerprint density at radius 2 is 2.29 bits per heavy atom. The molecule has 0 radical (unpaired) electrons. The number of likely N-dealkylation sites (N-methyl/N-ethyl adjacent to an activating group) is 1. The predicted octanol–water partition coefficient (Wildman–Crippen LogP) is 1.63. The fourth-order valence-electron chi connectivity index (χ4n) is 2.48. The lowest BCUT2D eigenvalue weighted by Gasteiger charge is -2.10. The van der Waals surface area contributed by atoms with Crippen LogP contribution < -0.4 is 20.1 Å². The molecular weight excluding hydrogens is 268 g/mol. The lowest BCUT2D eigenvalue weighted by molar-refractivity contribution is -0.123. The normalized spacial score (nSPS) is 19.8. The van der Waals surface area contributed by atoms with Crippen LogP contribution in [0.4, 0.5) is 0 Å². The van der Waals surface area contributed by atoms with E-state index in [-0.39, 0.29) is 18.6 Å². The van der Waals surface area contributed by atoms with Crippen LogP contribution in [0.3, 0.4) is 0 Å². The molecule has 5 heteroatoms. The Labute approximate surface area is 125 Å². The Morgan fingerprint density at radius 1 is 1.43 bits per heavy atom. The highest BCUT2D eigenvalue weighted by Gasteiger charge is 2.24. The van der Waals surface area contributed by atoms with Crippen molar-refractivity contribution in [2.45, 2.75) is 25.8 Å². The molecular formula is C16H22N2O3. The molecule has 1 heterocycles. The number of hydrogen-bond acceptors (Lipinski definition) is 4. The second-order valence-electron chi connectivity index (χ2n) is 5.66. The smallest absolute Gasteiger partial charge is 0.257 e. The van der Waals surface area contributed by atoms with Crippen molar-refractivity contribution in [3.8, 4) is 11.5 Å². The van der Waals surface area contributed by atoms with Gasteiger partial charge in [-0.1, -0.05) is 6.92 Å². The Hall–Kier alpha value is -1.75. The third kappa shape index (κ3) is 3.67. The molecule has 5 nitrogen and oxygen atoms in total. The van der Waals surface area contributed by atoms with Crippen LogP contribution in [0.1, 0.15) is 31.4 Å². The standard InChI is InChI=1S/C16H22N2O3/c1-2-17-14-9-21-15-7-12(5-6-13(14)15)20-10-16(19)18-8-11-3-4-11/h5-7,11,14,17H,2-4,8-10H2,1H3,(H,18,19). The van der Waals surface area contributed by atoms with Crippen LogP contribution in [-0.4, -0.2) is 32.2 Å². The molecule has 1 aromatic rings. The molecule has 1 aliphatic heterocycles. The summed E-state index contributed by atoms with van der Waals surface area (Å²) in [4.78, 5) is 11.6. The van der Waals surface area contributed by atoms with Crippen molar-refractivity contribution < 1.29 is 14.3 Å². The molecule has 21 heavy (non-hydrogen) atoms. The summed E-state index contributed by atoms with van der Waals surface area (Å²) >= 11 is 0. The summed E-state index contributed by atoms with van der Waals surface area (Å²) in [6.45, 7) is 4.47. The van der Waals surface area contributed by atoms with Crippen LogP contribution in [0.15, 0.2) is 18.2 Å². The first-order valence-corrected chi connectivity index (χ1v) is 7.66. The fourth-order valence-corrected chi connectivity index (χ4v) is 2.48. The topological polar surface area (TPSA) is 59.6 Å². The summed E-state index contributed by atoms with van der Waals surface area (Å²) in [5.74, 6) is 2.14. The van der Waals surface area contributed by atoms with Crippen LogP contribution in [-0.2, 0) is 4.79 Å². The number of rotatable bonds is 7. The minimum absolute atomic E-state index is 0.0577. The number of nitrogens with one attached hydrogen (secondary N) is 2. The SMILES string of the molecule is CCNC1COc2cc(OCC(=O)NCC3CC3)ccc21. The second-order valence-corrected chi connectivity index (χ2v) is 5.66. The zero-order valence-corrected chi connectivity index (χ0v) is 12.4. The minimum Gasteiger partial charge on any atom is -0.491 e. The molecule has 1 atom stereocenters. The van der Waals surface area contributed by atoms with Gasteiger partial charge in [-0.25, -0.2) is 0 Å². The Kier molecular flexibility index (Phi) is 4.29. The number of fused-ring (bicyclic) bond motifs is 1. The van der Waals surface area contributed by atoms with E-state index in [1.165, 1.54) is 12.8 Å². The van der Waals surface area contributed by atoms with Crippen molar-refractivity contribution in [1.29, 1.82) is 0 Å². The van der Waals surface area contributed by atoms with Crippen molar-refractivity contribution in [1.82, 2.24) is 10.6 Å². The summed E-state index contributed by atoms with van der Waals surface area (Å²) < 4.78 is 11.2. The van der Waals surface area contributed by atoms with Gasteiger partial charge in [-0.05, 0) is 37.4 Å². The van der Waals surface area contributed by atoms with Crippen LogP contribution in [0.25, 0.3) is 0 Å². The van der Waals surface area contributed by atoms with Crippen LogP contribution >= 0.6 is 0 Å². The summed E-state index contributed by atoms with van der Waals surface area (Å²) in [7, 11) is 0. The maximum absolute atomic E-state index is 11.6. The van der Waals surface area contributed by atoms with E-state index in [1.807, 2.05) is 18.2 Å². The molecule has 1 fully saturated rings. The first-order valence-electron chi connectivity index (χ1n) is 7.66. The predicted molar refractivity (Wildman–Crippen MR) is 79.6 cm³/mol. The number of hydrogen-bond donors (Lipinski definition) is 2. The lowest BCUT2D eigenvalue weighted by Crippen LogP contribution is -2.30. The average Bonchev–Trinajstić information content (AvgIpc) is 3.25. The molecule has 3 rings (SSSR count). The second kappa shape index (κ2) is 6.35. The Balaban J connectivity index is 1.51. The zero-order chi connectivity index (χ0) is 14.7. The Morgan fingerprint density at radius 3 is 3.05 bits per heavy atom. The van der Waals surface area contributed by atoms with E-state index in [0.717, 1.165) is 24.4 Å². The maximum Gasteiger partial charge on any atom is 0.257 e. The zero-order valence-electron chi connectivity index (χ0n) is 12.4. The van der Waals surface area contributed by atoms with Gasteiger partial charge in [-0.2, -0.15) is 0 Å². The first kappa shape index (κ1) is 14.2. The molecule has 1 aromatic carbocycles. The van der Waals surface area contributed by atoms with Gasteiger partial charge < -0.3 is 20.1 Å². The molecule has 2 aliphatic rings. The highest BCUT2D eigenvalue weighted by Crippen LogP contribution is 2.35. The quantitative estimate of drug-likeness (QED) is 0.801.